The fourth-order valence-electron chi connectivity index (χ4n) is 4.05. The first-order valence-corrected chi connectivity index (χ1v) is 11.2. The maximum atomic E-state index is 13.0. The summed E-state index contributed by atoms with van der Waals surface area (Å²) in [5.74, 6) is -0.692. The lowest BCUT2D eigenvalue weighted by Crippen LogP contribution is -2.40. The second kappa shape index (κ2) is 8.90. The van der Waals surface area contributed by atoms with E-state index in [1.807, 2.05) is 72.8 Å². The molecule has 5 rings (SSSR count). The fraction of sp³-hybridized carbons (Fsp3) is 0.111. The van der Waals surface area contributed by atoms with Crippen molar-refractivity contribution in [3.63, 3.8) is 0 Å². The minimum atomic E-state index is -1.11. The fourth-order valence-corrected chi connectivity index (χ4v) is 4.05. The quantitative estimate of drug-likeness (QED) is 0.379. The molecule has 35 heavy (non-hydrogen) atoms. The number of hydrogen-bond donors (Lipinski definition) is 3. The monoisotopic (exact) mass is 465 g/mol. The molecule has 1 fully saturated rings. The molecule has 1 aliphatic heterocycles. The van der Waals surface area contributed by atoms with Crippen LogP contribution < -0.4 is 16.0 Å². The third-order valence-electron chi connectivity index (χ3n) is 6.04. The highest BCUT2D eigenvalue weighted by molar-refractivity contribution is 6.07. The van der Waals surface area contributed by atoms with Gasteiger partial charge in [0, 0.05) is 12.1 Å². The molecule has 1 aliphatic rings. The molecule has 4 aromatic rings. The lowest BCUT2D eigenvalue weighted by molar-refractivity contribution is -0.123. The van der Waals surface area contributed by atoms with Crippen molar-refractivity contribution in [1.82, 2.24) is 25.7 Å². The molecule has 8 heteroatoms. The minimum Gasteiger partial charge on any atom is -0.347 e. The van der Waals surface area contributed by atoms with Crippen LogP contribution in [0.1, 0.15) is 28.5 Å². The summed E-state index contributed by atoms with van der Waals surface area (Å²) in [5, 5.41) is 12.4. The summed E-state index contributed by atoms with van der Waals surface area (Å²) in [6.45, 7) is 1.94. The molecule has 2 heterocycles. The van der Waals surface area contributed by atoms with Gasteiger partial charge in [0.2, 0.25) is 0 Å². The first-order chi connectivity index (χ1) is 16.9. The molecule has 3 N–H and O–H groups in total. The van der Waals surface area contributed by atoms with Crippen LogP contribution in [0.25, 0.3) is 16.9 Å². The highest BCUT2D eigenvalue weighted by Crippen LogP contribution is 2.25. The van der Waals surface area contributed by atoms with E-state index < -0.39 is 17.5 Å². The van der Waals surface area contributed by atoms with Gasteiger partial charge < -0.3 is 10.6 Å². The van der Waals surface area contributed by atoms with Crippen LogP contribution in [-0.4, -0.2) is 27.6 Å². The number of hydrogen-bond acceptors (Lipinski definition) is 4. The molecular formula is C27H23N5O3. The molecule has 1 atom stereocenters. The summed E-state index contributed by atoms with van der Waals surface area (Å²) in [4.78, 5) is 36.6. The van der Waals surface area contributed by atoms with Crippen LogP contribution in [-0.2, 0) is 16.9 Å². The van der Waals surface area contributed by atoms with Gasteiger partial charge in [0.25, 0.3) is 11.8 Å². The normalized spacial score (nSPS) is 17.1. The third-order valence-corrected chi connectivity index (χ3v) is 6.04. The standard InChI is InChI=1S/C27H23N5O3/c1-27(25(34)29-26(35)30-27)20-14-12-18(13-15-20)17-28-24(33)22-16-23(19-8-4-2-5-9-19)32(31-22)21-10-6-3-7-11-21/h2-16H,17H2,1H3,(H,28,33)(H2,29,30,34,35). The van der Waals surface area contributed by atoms with Crippen molar-refractivity contribution in [3.05, 3.63) is 108 Å². The van der Waals surface area contributed by atoms with E-state index in [2.05, 4.69) is 21.0 Å². The summed E-state index contributed by atoms with van der Waals surface area (Å²) in [6, 6.07) is 27.9. The zero-order chi connectivity index (χ0) is 24.4. The average Bonchev–Trinajstić information content (AvgIpc) is 3.45. The van der Waals surface area contributed by atoms with Gasteiger partial charge in [0.05, 0.1) is 11.4 Å². The Morgan fingerprint density at radius 2 is 1.60 bits per heavy atom. The second-order valence-corrected chi connectivity index (χ2v) is 8.44. The summed E-state index contributed by atoms with van der Waals surface area (Å²) >= 11 is 0. The van der Waals surface area contributed by atoms with E-state index in [4.69, 9.17) is 0 Å². The van der Waals surface area contributed by atoms with Crippen molar-refractivity contribution in [1.29, 1.82) is 0 Å². The van der Waals surface area contributed by atoms with E-state index in [1.165, 1.54) is 0 Å². The number of aromatic nitrogens is 2. The van der Waals surface area contributed by atoms with Gasteiger partial charge in [-0.25, -0.2) is 9.48 Å². The zero-order valence-electron chi connectivity index (χ0n) is 19.0. The molecule has 3 aromatic carbocycles. The number of nitrogens with zero attached hydrogens (tertiary/aromatic N) is 2. The minimum absolute atomic E-state index is 0.285. The van der Waals surface area contributed by atoms with E-state index in [9.17, 15) is 14.4 Å². The summed E-state index contributed by atoms with van der Waals surface area (Å²) < 4.78 is 1.76. The third kappa shape index (κ3) is 4.29. The Bertz CT molecular complexity index is 1340. The topological polar surface area (TPSA) is 105 Å². The van der Waals surface area contributed by atoms with Crippen LogP contribution in [0.5, 0.6) is 0 Å². The maximum Gasteiger partial charge on any atom is 0.322 e. The Kier molecular flexibility index (Phi) is 5.62. The largest absolute Gasteiger partial charge is 0.347 e. The van der Waals surface area contributed by atoms with Gasteiger partial charge >= 0.3 is 6.03 Å². The molecule has 1 saturated heterocycles. The lowest BCUT2D eigenvalue weighted by Gasteiger charge is -2.21. The van der Waals surface area contributed by atoms with Gasteiger partial charge in [-0.05, 0) is 36.2 Å². The van der Waals surface area contributed by atoms with Crippen molar-refractivity contribution in [2.45, 2.75) is 19.0 Å². The Labute approximate surface area is 202 Å². The van der Waals surface area contributed by atoms with Crippen molar-refractivity contribution in [2.75, 3.05) is 0 Å². The van der Waals surface area contributed by atoms with Gasteiger partial charge in [-0.2, -0.15) is 5.10 Å². The van der Waals surface area contributed by atoms with Gasteiger partial charge in [-0.15, -0.1) is 0 Å². The molecule has 0 aliphatic carbocycles. The number of nitrogens with one attached hydrogen (secondary N) is 3. The Balaban J connectivity index is 1.34. The number of para-hydroxylation sites is 1. The van der Waals surface area contributed by atoms with Gasteiger partial charge in [0.15, 0.2) is 5.69 Å². The van der Waals surface area contributed by atoms with Crippen LogP contribution in [0.2, 0.25) is 0 Å². The van der Waals surface area contributed by atoms with Crippen molar-refractivity contribution < 1.29 is 14.4 Å². The predicted octanol–water partition coefficient (Wildman–Crippen LogP) is 3.52. The van der Waals surface area contributed by atoms with Gasteiger partial charge in [-0.1, -0.05) is 72.8 Å². The van der Waals surface area contributed by atoms with Crippen molar-refractivity contribution in [2.24, 2.45) is 0 Å². The van der Waals surface area contributed by atoms with E-state index in [1.54, 1.807) is 29.8 Å². The lowest BCUT2D eigenvalue weighted by atomic mass is 9.91. The molecule has 0 radical (unpaired) electrons. The van der Waals surface area contributed by atoms with Crippen molar-refractivity contribution in [3.8, 4) is 16.9 Å². The number of imide groups is 1. The van der Waals surface area contributed by atoms with Crippen LogP contribution >= 0.6 is 0 Å². The van der Waals surface area contributed by atoms with Gasteiger partial charge in [-0.3, -0.25) is 14.9 Å². The molecule has 4 amide bonds. The number of benzene rings is 3. The highest BCUT2D eigenvalue weighted by atomic mass is 16.2. The average molecular weight is 466 g/mol. The maximum absolute atomic E-state index is 13.0. The van der Waals surface area contributed by atoms with E-state index in [0.717, 1.165) is 22.5 Å². The Morgan fingerprint density at radius 3 is 2.23 bits per heavy atom. The van der Waals surface area contributed by atoms with Crippen LogP contribution in [0.15, 0.2) is 91.0 Å². The number of amides is 4. The van der Waals surface area contributed by atoms with Crippen molar-refractivity contribution >= 4 is 17.8 Å². The van der Waals surface area contributed by atoms with E-state index in [-0.39, 0.29) is 12.5 Å². The van der Waals surface area contributed by atoms with E-state index in [0.29, 0.717) is 11.3 Å². The molecule has 1 unspecified atom stereocenters. The summed E-state index contributed by atoms with van der Waals surface area (Å²) in [5.41, 5.74) is 3.33. The summed E-state index contributed by atoms with van der Waals surface area (Å²) in [7, 11) is 0. The first kappa shape index (κ1) is 22.1. The molecule has 0 saturated carbocycles. The highest BCUT2D eigenvalue weighted by Gasteiger charge is 2.43. The summed E-state index contributed by atoms with van der Waals surface area (Å²) in [6.07, 6.45) is 0. The SMILES string of the molecule is CC1(c2ccc(CNC(=O)c3cc(-c4ccccc4)n(-c4ccccc4)n3)cc2)NC(=O)NC1=O. The number of carbonyl (C=O) groups excluding carboxylic acids is 3. The van der Waals surface area contributed by atoms with Gasteiger partial charge in [0.1, 0.15) is 5.54 Å². The smallest absolute Gasteiger partial charge is 0.322 e. The molecule has 0 bridgehead atoms. The van der Waals surface area contributed by atoms with Crippen LogP contribution in [0.3, 0.4) is 0 Å². The Morgan fingerprint density at radius 1 is 0.943 bits per heavy atom. The first-order valence-electron chi connectivity index (χ1n) is 11.2. The molecule has 1 aromatic heterocycles. The van der Waals surface area contributed by atoms with Crippen LogP contribution in [0.4, 0.5) is 4.79 Å². The molecule has 8 nitrogen and oxygen atoms in total. The molecule has 174 valence electrons. The second-order valence-electron chi connectivity index (χ2n) is 8.44. The zero-order valence-corrected chi connectivity index (χ0v) is 19.0. The van der Waals surface area contributed by atoms with E-state index >= 15 is 0 Å². The molecular weight excluding hydrogens is 442 g/mol. The van der Waals surface area contributed by atoms with Crippen LogP contribution in [0, 0.1) is 0 Å². The number of carbonyl (C=O) groups is 3. The number of rotatable bonds is 6. The predicted molar refractivity (Wildman–Crippen MR) is 131 cm³/mol. The number of urea groups is 1. The Hall–Kier alpha value is -4.72. The molecule has 0 spiro atoms.